The summed E-state index contributed by atoms with van der Waals surface area (Å²) in [5, 5.41) is 3.56. The van der Waals surface area contributed by atoms with Crippen molar-refractivity contribution in [1.29, 1.82) is 0 Å². The van der Waals surface area contributed by atoms with Crippen LogP contribution < -0.4 is 5.32 Å². The fourth-order valence-corrected chi connectivity index (χ4v) is 2.03. The van der Waals surface area contributed by atoms with Crippen LogP contribution in [0.1, 0.15) is 40.5 Å². The first-order valence-corrected chi connectivity index (χ1v) is 6.62. The highest BCUT2D eigenvalue weighted by Crippen LogP contribution is 1.99. The second-order valence-electron chi connectivity index (χ2n) is 4.58. The van der Waals surface area contributed by atoms with Gasteiger partial charge in [0.25, 0.3) is 0 Å². The molecule has 0 spiro atoms. The summed E-state index contributed by atoms with van der Waals surface area (Å²) in [6, 6.07) is 1.15. The summed E-state index contributed by atoms with van der Waals surface area (Å²) in [6.45, 7) is 13.0. The van der Waals surface area contributed by atoms with Crippen LogP contribution in [-0.4, -0.2) is 50.3 Å². The maximum Gasteiger partial charge on any atom is 0.0615 e. The number of likely N-dealkylation sites (N-methyl/N-ethyl adjacent to an activating group) is 1. The fourth-order valence-electron chi connectivity index (χ4n) is 2.03. The van der Waals surface area contributed by atoms with E-state index in [9.17, 15) is 0 Å². The number of nitrogens with one attached hydrogen (secondary N) is 1. The predicted octanol–water partition coefficient (Wildman–Crippen LogP) is 2.12. The lowest BCUT2D eigenvalue weighted by molar-refractivity contribution is 0.103. The molecule has 0 fully saturated rings. The van der Waals surface area contributed by atoms with E-state index in [0.717, 1.165) is 26.2 Å². The number of rotatable bonds is 10. The van der Waals surface area contributed by atoms with Crippen LogP contribution in [0.25, 0.3) is 0 Å². The molecule has 0 aromatic heterocycles. The maximum atomic E-state index is 5.19. The topological polar surface area (TPSA) is 24.5 Å². The van der Waals surface area contributed by atoms with Crippen LogP contribution in [0.2, 0.25) is 0 Å². The zero-order chi connectivity index (χ0) is 12.4. The van der Waals surface area contributed by atoms with E-state index in [1.807, 2.05) is 0 Å². The van der Waals surface area contributed by atoms with Gasteiger partial charge in [0.2, 0.25) is 0 Å². The summed E-state index contributed by atoms with van der Waals surface area (Å²) < 4.78 is 5.19. The van der Waals surface area contributed by atoms with Gasteiger partial charge in [-0.3, -0.25) is 4.90 Å². The fraction of sp³-hybridized carbons (Fsp3) is 1.00. The Balaban J connectivity index is 3.69. The van der Waals surface area contributed by atoms with Gasteiger partial charge in [-0.2, -0.15) is 0 Å². The Labute approximate surface area is 102 Å². The van der Waals surface area contributed by atoms with Crippen LogP contribution in [0.5, 0.6) is 0 Å². The van der Waals surface area contributed by atoms with Crippen molar-refractivity contribution in [3.8, 4) is 0 Å². The van der Waals surface area contributed by atoms with E-state index in [4.69, 9.17) is 4.74 Å². The Morgan fingerprint density at radius 1 is 1.25 bits per heavy atom. The summed E-state index contributed by atoms with van der Waals surface area (Å²) in [4.78, 5) is 2.45. The van der Waals surface area contributed by atoms with Gasteiger partial charge in [0.1, 0.15) is 0 Å². The molecule has 3 nitrogen and oxygen atoms in total. The number of methoxy groups -OCH3 is 1. The van der Waals surface area contributed by atoms with E-state index in [2.05, 4.69) is 37.9 Å². The third kappa shape index (κ3) is 7.20. The minimum Gasteiger partial charge on any atom is -0.383 e. The summed E-state index contributed by atoms with van der Waals surface area (Å²) in [5.74, 6) is 0. The van der Waals surface area contributed by atoms with Gasteiger partial charge in [-0.1, -0.05) is 20.3 Å². The van der Waals surface area contributed by atoms with Crippen molar-refractivity contribution in [2.45, 2.75) is 52.6 Å². The van der Waals surface area contributed by atoms with E-state index in [1.54, 1.807) is 7.11 Å². The first-order valence-electron chi connectivity index (χ1n) is 6.62. The molecule has 0 aliphatic rings. The molecule has 0 rings (SSSR count). The second kappa shape index (κ2) is 10.1. The molecule has 0 aliphatic heterocycles. The highest BCUT2D eigenvalue weighted by atomic mass is 16.5. The monoisotopic (exact) mass is 230 g/mol. The lowest BCUT2D eigenvalue weighted by Crippen LogP contribution is -2.42. The SMILES string of the molecule is CCCC(C)NCCN(CC)C(C)COC. The van der Waals surface area contributed by atoms with Crippen molar-refractivity contribution in [2.75, 3.05) is 33.4 Å². The molecule has 0 radical (unpaired) electrons. The van der Waals surface area contributed by atoms with Crippen LogP contribution in [0, 0.1) is 0 Å². The first-order chi connectivity index (χ1) is 7.65. The van der Waals surface area contributed by atoms with Gasteiger partial charge in [0, 0.05) is 32.3 Å². The zero-order valence-electron chi connectivity index (χ0n) is 11.8. The quantitative estimate of drug-likeness (QED) is 0.622. The van der Waals surface area contributed by atoms with Crippen molar-refractivity contribution >= 4 is 0 Å². The van der Waals surface area contributed by atoms with Crippen LogP contribution in [0.15, 0.2) is 0 Å². The molecule has 0 aromatic carbocycles. The number of nitrogens with zero attached hydrogens (tertiary/aromatic N) is 1. The summed E-state index contributed by atoms with van der Waals surface area (Å²) in [7, 11) is 1.77. The van der Waals surface area contributed by atoms with E-state index in [-0.39, 0.29) is 0 Å². The molecule has 0 aromatic rings. The van der Waals surface area contributed by atoms with Gasteiger partial charge in [0.15, 0.2) is 0 Å². The normalized spacial score (nSPS) is 15.4. The lowest BCUT2D eigenvalue weighted by atomic mass is 10.2. The number of ether oxygens (including phenoxy) is 1. The molecule has 0 saturated carbocycles. The van der Waals surface area contributed by atoms with E-state index >= 15 is 0 Å². The highest BCUT2D eigenvalue weighted by Gasteiger charge is 2.11. The molecule has 2 atom stereocenters. The van der Waals surface area contributed by atoms with E-state index in [1.165, 1.54) is 12.8 Å². The van der Waals surface area contributed by atoms with Crippen molar-refractivity contribution in [2.24, 2.45) is 0 Å². The van der Waals surface area contributed by atoms with Gasteiger partial charge in [0.05, 0.1) is 6.61 Å². The Hall–Kier alpha value is -0.120. The molecule has 1 N–H and O–H groups in total. The molecule has 0 bridgehead atoms. The average molecular weight is 230 g/mol. The summed E-state index contributed by atoms with van der Waals surface area (Å²) in [6.07, 6.45) is 2.52. The number of hydrogen-bond donors (Lipinski definition) is 1. The molecule has 0 heterocycles. The van der Waals surface area contributed by atoms with Crippen LogP contribution in [0.3, 0.4) is 0 Å². The zero-order valence-corrected chi connectivity index (χ0v) is 11.8. The van der Waals surface area contributed by atoms with Gasteiger partial charge in [-0.05, 0) is 26.8 Å². The average Bonchev–Trinajstić information content (AvgIpc) is 2.25. The second-order valence-corrected chi connectivity index (χ2v) is 4.58. The minimum atomic E-state index is 0.512. The Morgan fingerprint density at radius 3 is 2.44 bits per heavy atom. The smallest absolute Gasteiger partial charge is 0.0615 e. The van der Waals surface area contributed by atoms with Gasteiger partial charge >= 0.3 is 0 Å². The highest BCUT2D eigenvalue weighted by molar-refractivity contribution is 4.68. The maximum absolute atomic E-state index is 5.19. The predicted molar refractivity (Wildman–Crippen MR) is 71.0 cm³/mol. The molecule has 0 aliphatic carbocycles. The van der Waals surface area contributed by atoms with Crippen molar-refractivity contribution in [1.82, 2.24) is 10.2 Å². The van der Waals surface area contributed by atoms with Crippen LogP contribution in [0.4, 0.5) is 0 Å². The Bertz CT molecular complexity index is 153. The Kier molecular flexibility index (Phi) is 9.99. The van der Waals surface area contributed by atoms with Crippen molar-refractivity contribution in [3.63, 3.8) is 0 Å². The molecule has 2 unspecified atom stereocenters. The van der Waals surface area contributed by atoms with Crippen molar-refractivity contribution in [3.05, 3.63) is 0 Å². The molecule has 0 amide bonds. The van der Waals surface area contributed by atoms with Crippen LogP contribution in [-0.2, 0) is 4.74 Å². The molecule has 98 valence electrons. The van der Waals surface area contributed by atoms with Gasteiger partial charge in [-0.25, -0.2) is 0 Å². The van der Waals surface area contributed by atoms with Crippen LogP contribution >= 0.6 is 0 Å². The number of hydrogen-bond acceptors (Lipinski definition) is 3. The molecule has 3 heteroatoms. The van der Waals surface area contributed by atoms with Gasteiger partial charge in [-0.15, -0.1) is 0 Å². The molecular formula is C13H30N2O. The largest absolute Gasteiger partial charge is 0.383 e. The summed E-state index contributed by atoms with van der Waals surface area (Å²) in [5.41, 5.74) is 0. The standard InChI is InChI=1S/C13H30N2O/c1-6-8-12(3)14-9-10-15(7-2)13(4)11-16-5/h12-14H,6-11H2,1-5H3. The van der Waals surface area contributed by atoms with E-state index < -0.39 is 0 Å². The molecule has 0 saturated heterocycles. The van der Waals surface area contributed by atoms with E-state index in [0.29, 0.717) is 12.1 Å². The minimum absolute atomic E-state index is 0.512. The Morgan fingerprint density at radius 2 is 1.94 bits per heavy atom. The molecule has 16 heavy (non-hydrogen) atoms. The van der Waals surface area contributed by atoms with Gasteiger partial charge < -0.3 is 10.1 Å². The first kappa shape index (κ1) is 15.9. The van der Waals surface area contributed by atoms with Crippen molar-refractivity contribution < 1.29 is 4.74 Å². The molecular weight excluding hydrogens is 200 g/mol. The third-order valence-corrected chi connectivity index (χ3v) is 3.05. The third-order valence-electron chi connectivity index (χ3n) is 3.05. The lowest BCUT2D eigenvalue weighted by Gasteiger charge is -2.28. The summed E-state index contributed by atoms with van der Waals surface area (Å²) >= 11 is 0.